The molecule has 1 aliphatic rings. The number of nitrogens with one attached hydrogen (secondary N) is 1. The number of ether oxygens (including phenoxy) is 1. The Kier molecular flexibility index (Phi) is 8.05. The minimum absolute atomic E-state index is 0.169. The fourth-order valence-corrected chi connectivity index (χ4v) is 4.31. The molecule has 0 atom stereocenters. The Hall–Kier alpha value is -3.95. The number of rotatable bonds is 7. The van der Waals surface area contributed by atoms with Gasteiger partial charge in [-0.1, -0.05) is 30.3 Å². The third kappa shape index (κ3) is 6.63. The average Bonchev–Trinajstić information content (AvgIpc) is 2.89. The predicted molar refractivity (Wildman–Crippen MR) is 133 cm³/mol. The molecular formula is C27H27F3N4O3. The van der Waals surface area contributed by atoms with Gasteiger partial charge in [0.05, 0.1) is 30.3 Å². The molecule has 1 saturated heterocycles. The second-order valence-electron chi connectivity index (χ2n) is 8.79. The highest BCUT2D eigenvalue weighted by Gasteiger charge is 2.30. The molecule has 1 aliphatic heterocycles. The molecule has 4 rings (SSSR count). The van der Waals surface area contributed by atoms with Crippen LogP contribution in [0.15, 0.2) is 60.9 Å². The quantitative estimate of drug-likeness (QED) is 0.416. The fraction of sp³-hybridized carbons (Fsp3) is 0.333. The first-order valence-electron chi connectivity index (χ1n) is 12.0. The highest BCUT2D eigenvalue weighted by Crippen LogP contribution is 2.32. The van der Waals surface area contributed by atoms with Gasteiger partial charge in [-0.3, -0.25) is 9.59 Å². The molecule has 3 aromatic rings. The molecule has 1 N–H and O–H groups in total. The van der Waals surface area contributed by atoms with Crippen molar-refractivity contribution in [3.05, 3.63) is 72.1 Å². The lowest BCUT2D eigenvalue weighted by molar-refractivity contribution is -0.144. The van der Waals surface area contributed by atoms with Crippen molar-refractivity contribution in [3.8, 4) is 11.1 Å². The number of hydrogen-bond donors (Lipinski definition) is 1. The van der Waals surface area contributed by atoms with Gasteiger partial charge in [0.2, 0.25) is 5.95 Å². The van der Waals surface area contributed by atoms with Crippen LogP contribution in [0.3, 0.4) is 0 Å². The van der Waals surface area contributed by atoms with Gasteiger partial charge < -0.3 is 15.0 Å². The molecular weight excluding hydrogens is 485 g/mol. The van der Waals surface area contributed by atoms with Crippen LogP contribution in [0.2, 0.25) is 0 Å². The summed E-state index contributed by atoms with van der Waals surface area (Å²) in [6.07, 6.45) is 0.696. The largest absolute Gasteiger partial charge is 0.466 e. The molecule has 10 heteroatoms. The van der Waals surface area contributed by atoms with E-state index >= 15 is 0 Å². The molecule has 0 bridgehead atoms. The number of aromatic nitrogens is 2. The topological polar surface area (TPSA) is 84.4 Å². The van der Waals surface area contributed by atoms with E-state index in [1.165, 1.54) is 24.5 Å². The van der Waals surface area contributed by atoms with E-state index in [1.54, 1.807) is 31.2 Å². The van der Waals surface area contributed by atoms with Gasteiger partial charge in [0, 0.05) is 25.1 Å². The smallest absolute Gasteiger partial charge is 0.416 e. The number of alkyl halides is 3. The van der Waals surface area contributed by atoms with Gasteiger partial charge in [-0.25, -0.2) is 9.97 Å². The normalized spacial score (nSPS) is 14.3. The van der Waals surface area contributed by atoms with Crippen molar-refractivity contribution in [1.29, 1.82) is 0 Å². The van der Waals surface area contributed by atoms with Crippen molar-refractivity contribution in [3.63, 3.8) is 0 Å². The number of halogens is 3. The Labute approximate surface area is 212 Å². The molecule has 194 valence electrons. The lowest BCUT2D eigenvalue weighted by Gasteiger charge is -2.31. The zero-order valence-corrected chi connectivity index (χ0v) is 20.3. The number of amides is 1. The molecule has 37 heavy (non-hydrogen) atoms. The number of nitrogens with zero attached hydrogens (tertiary/aromatic N) is 3. The summed E-state index contributed by atoms with van der Waals surface area (Å²) < 4.78 is 43.8. The predicted octanol–water partition coefficient (Wildman–Crippen LogP) is 5.58. The van der Waals surface area contributed by atoms with Crippen LogP contribution in [-0.4, -0.2) is 41.5 Å². The van der Waals surface area contributed by atoms with Crippen LogP contribution >= 0.6 is 0 Å². The van der Waals surface area contributed by atoms with Crippen molar-refractivity contribution in [2.24, 2.45) is 5.92 Å². The van der Waals surface area contributed by atoms with Gasteiger partial charge in [-0.2, -0.15) is 13.2 Å². The van der Waals surface area contributed by atoms with E-state index in [-0.39, 0.29) is 11.9 Å². The van der Waals surface area contributed by atoms with E-state index in [1.807, 2.05) is 4.90 Å². The molecule has 7 nitrogen and oxygen atoms in total. The van der Waals surface area contributed by atoms with Crippen LogP contribution in [0.5, 0.6) is 0 Å². The maximum Gasteiger partial charge on any atom is 0.416 e. The number of esters is 1. The van der Waals surface area contributed by atoms with Gasteiger partial charge in [-0.15, -0.1) is 0 Å². The summed E-state index contributed by atoms with van der Waals surface area (Å²) in [7, 11) is 0. The summed E-state index contributed by atoms with van der Waals surface area (Å²) in [6.45, 7) is 3.61. The molecule has 0 aliphatic carbocycles. The standard InChI is InChI=1S/C27H27F3N4O3/c1-2-37-24(35)15-18-11-13-34(14-12-18)26-31-16-21(17-32-26)33-25(36)23-6-4-3-5-22(23)19-7-9-20(10-8-19)27(28,29)30/h3-10,16-18H,2,11-15H2,1H3,(H,33,36). The zero-order chi connectivity index (χ0) is 26.4. The van der Waals surface area contributed by atoms with Crippen molar-refractivity contribution in [2.75, 3.05) is 29.9 Å². The lowest BCUT2D eigenvalue weighted by Crippen LogP contribution is -2.35. The van der Waals surface area contributed by atoms with Crippen molar-refractivity contribution < 1.29 is 27.5 Å². The van der Waals surface area contributed by atoms with Crippen LogP contribution in [0.1, 0.15) is 42.1 Å². The van der Waals surface area contributed by atoms with Crippen LogP contribution in [0.4, 0.5) is 24.8 Å². The first kappa shape index (κ1) is 26.1. The van der Waals surface area contributed by atoms with Crippen molar-refractivity contribution in [1.82, 2.24) is 9.97 Å². The van der Waals surface area contributed by atoms with E-state index in [4.69, 9.17) is 4.74 Å². The molecule has 0 radical (unpaired) electrons. The summed E-state index contributed by atoms with van der Waals surface area (Å²) in [5, 5.41) is 2.76. The molecule has 0 saturated carbocycles. The van der Waals surface area contributed by atoms with Gasteiger partial charge in [0.1, 0.15) is 0 Å². The van der Waals surface area contributed by atoms with Crippen LogP contribution in [0.25, 0.3) is 11.1 Å². The Balaban J connectivity index is 1.39. The zero-order valence-electron chi connectivity index (χ0n) is 20.3. The fourth-order valence-electron chi connectivity index (χ4n) is 4.31. The molecule has 1 aromatic heterocycles. The number of piperidine rings is 1. The van der Waals surface area contributed by atoms with Crippen LogP contribution in [-0.2, 0) is 15.7 Å². The Bertz CT molecular complexity index is 1220. The molecule has 0 unspecified atom stereocenters. The van der Waals surface area contributed by atoms with Crippen molar-refractivity contribution in [2.45, 2.75) is 32.4 Å². The molecule has 2 aromatic carbocycles. The van der Waals surface area contributed by atoms with E-state index in [0.29, 0.717) is 41.4 Å². The van der Waals surface area contributed by atoms with Gasteiger partial charge >= 0.3 is 12.1 Å². The summed E-state index contributed by atoms with van der Waals surface area (Å²) in [5.41, 5.74) is 0.968. The first-order chi connectivity index (χ1) is 17.7. The van der Waals surface area contributed by atoms with E-state index in [0.717, 1.165) is 38.1 Å². The monoisotopic (exact) mass is 512 g/mol. The molecule has 1 amide bonds. The maximum atomic E-state index is 13.0. The third-order valence-electron chi connectivity index (χ3n) is 6.25. The third-order valence-corrected chi connectivity index (χ3v) is 6.25. The van der Waals surface area contributed by atoms with E-state index in [9.17, 15) is 22.8 Å². The molecule has 1 fully saturated rings. The molecule has 2 heterocycles. The first-order valence-corrected chi connectivity index (χ1v) is 12.0. The Morgan fingerprint density at radius 1 is 1.03 bits per heavy atom. The minimum atomic E-state index is -4.43. The number of hydrogen-bond acceptors (Lipinski definition) is 6. The van der Waals surface area contributed by atoms with Crippen LogP contribution in [0, 0.1) is 5.92 Å². The number of benzene rings is 2. The van der Waals surface area contributed by atoms with E-state index in [2.05, 4.69) is 15.3 Å². The van der Waals surface area contributed by atoms with Gasteiger partial charge in [0.15, 0.2) is 0 Å². The average molecular weight is 513 g/mol. The SMILES string of the molecule is CCOC(=O)CC1CCN(c2ncc(NC(=O)c3ccccc3-c3ccc(C(F)(F)F)cc3)cn2)CC1. The minimum Gasteiger partial charge on any atom is -0.466 e. The molecule has 0 spiro atoms. The maximum absolute atomic E-state index is 13.0. The highest BCUT2D eigenvalue weighted by molar-refractivity contribution is 6.08. The highest BCUT2D eigenvalue weighted by atomic mass is 19.4. The van der Waals surface area contributed by atoms with Crippen molar-refractivity contribution >= 4 is 23.5 Å². The Morgan fingerprint density at radius 3 is 2.30 bits per heavy atom. The Morgan fingerprint density at radius 2 is 1.68 bits per heavy atom. The number of carbonyl (C=O) groups is 2. The second kappa shape index (κ2) is 11.4. The number of carbonyl (C=O) groups excluding carboxylic acids is 2. The summed E-state index contributed by atoms with van der Waals surface area (Å²) in [6, 6.07) is 11.4. The van der Waals surface area contributed by atoms with E-state index < -0.39 is 17.6 Å². The summed E-state index contributed by atoms with van der Waals surface area (Å²) >= 11 is 0. The lowest BCUT2D eigenvalue weighted by atomic mass is 9.94. The number of anilines is 2. The summed E-state index contributed by atoms with van der Waals surface area (Å²) in [5.74, 6) is 0.222. The van der Waals surface area contributed by atoms with Gasteiger partial charge in [-0.05, 0) is 55.0 Å². The summed E-state index contributed by atoms with van der Waals surface area (Å²) in [4.78, 5) is 35.5. The van der Waals surface area contributed by atoms with Gasteiger partial charge in [0.25, 0.3) is 5.91 Å². The second-order valence-corrected chi connectivity index (χ2v) is 8.79. The van der Waals surface area contributed by atoms with Crippen LogP contribution < -0.4 is 10.2 Å².